The molecule has 1 atom stereocenters. The van der Waals surface area contributed by atoms with Gasteiger partial charge in [-0.25, -0.2) is 14.0 Å². The lowest BCUT2D eigenvalue weighted by Gasteiger charge is -2.23. The lowest BCUT2D eigenvalue weighted by atomic mass is 10.1. The summed E-state index contributed by atoms with van der Waals surface area (Å²) in [7, 11) is 1.74. The summed E-state index contributed by atoms with van der Waals surface area (Å²) in [4.78, 5) is 20.2. The minimum Gasteiger partial charge on any atom is -0.475 e. The maximum Gasteiger partial charge on any atom is 0.490 e. The molecule has 0 amide bonds. The van der Waals surface area contributed by atoms with Crippen LogP contribution in [-0.2, 0) is 34.0 Å². The number of fused-ring (bicyclic) bond motifs is 1. The molecule has 1 aromatic carbocycles. The van der Waals surface area contributed by atoms with Gasteiger partial charge in [0.1, 0.15) is 5.82 Å². The fourth-order valence-corrected chi connectivity index (χ4v) is 2.93. The summed E-state index contributed by atoms with van der Waals surface area (Å²) in [5, 5.41) is 18.6. The molecule has 1 aliphatic heterocycles. The van der Waals surface area contributed by atoms with E-state index in [4.69, 9.17) is 24.5 Å². The van der Waals surface area contributed by atoms with Crippen LogP contribution in [0.3, 0.4) is 0 Å². The van der Waals surface area contributed by atoms with Crippen LogP contribution in [0.1, 0.15) is 11.3 Å². The molecule has 15 heteroatoms. The molecule has 0 bridgehead atoms. The molecule has 1 aromatic heterocycles. The van der Waals surface area contributed by atoms with E-state index in [-0.39, 0.29) is 5.82 Å². The normalized spacial score (nSPS) is 16.1. The standard InChI is InChI=1S/C16H20FN3O.2C2HF3O2/c1-21-12-14-9-19(8-13-2-4-15(17)5-3-13)11-16-6-7-18-20(16)10-14;2*3-2(4,5)1(6)7/h2-7,14H,8-12H2,1H3;2*(H,6,7). The number of hydrogen-bond acceptors (Lipinski definition) is 5. The van der Waals surface area contributed by atoms with Gasteiger partial charge in [0.05, 0.1) is 12.3 Å². The van der Waals surface area contributed by atoms with E-state index in [9.17, 15) is 30.7 Å². The summed E-state index contributed by atoms with van der Waals surface area (Å²) in [5.74, 6) is -5.29. The highest BCUT2D eigenvalue weighted by molar-refractivity contribution is 5.73. The first-order valence-corrected chi connectivity index (χ1v) is 9.70. The van der Waals surface area contributed by atoms with Gasteiger partial charge < -0.3 is 14.9 Å². The Balaban J connectivity index is 0.000000362. The van der Waals surface area contributed by atoms with E-state index < -0.39 is 24.3 Å². The number of nitrogens with zero attached hydrogens (tertiary/aromatic N) is 3. The first-order chi connectivity index (χ1) is 16.1. The van der Waals surface area contributed by atoms with Crippen LogP contribution >= 0.6 is 0 Å². The van der Waals surface area contributed by atoms with Gasteiger partial charge in [0.15, 0.2) is 0 Å². The molecule has 1 unspecified atom stereocenters. The number of benzene rings is 1. The number of carboxylic acid groups (broad SMARTS) is 2. The van der Waals surface area contributed by atoms with E-state index >= 15 is 0 Å². The van der Waals surface area contributed by atoms with Gasteiger partial charge in [0, 0.05) is 45.4 Å². The van der Waals surface area contributed by atoms with Crippen molar-refractivity contribution in [2.24, 2.45) is 5.92 Å². The number of rotatable bonds is 4. The van der Waals surface area contributed by atoms with Crippen molar-refractivity contribution in [2.75, 3.05) is 20.3 Å². The lowest BCUT2D eigenvalue weighted by Crippen LogP contribution is -2.29. The third-order valence-corrected chi connectivity index (χ3v) is 4.34. The first kappa shape index (κ1) is 29.8. The second-order valence-electron chi connectivity index (χ2n) is 7.23. The molecule has 0 aliphatic carbocycles. The molecule has 196 valence electrons. The van der Waals surface area contributed by atoms with Crippen LogP contribution in [0.4, 0.5) is 30.7 Å². The number of halogens is 7. The molecule has 2 heterocycles. The molecular weight excluding hydrogens is 495 g/mol. The Morgan fingerprint density at radius 2 is 1.51 bits per heavy atom. The summed E-state index contributed by atoms with van der Waals surface area (Å²) in [5.41, 5.74) is 2.34. The number of hydrogen-bond donors (Lipinski definition) is 2. The van der Waals surface area contributed by atoms with E-state index in [1.807, 2.05) is 18.3 Å². The van der Waals surface area contributed by atoms with Crippen LogP contribution in [0.25, 0.3) is 0 Å². The maximum atomic E-state index is 13.0. The zero-order valence-electron chi connectivity index (χ0n) is 18.2. The van der Waals surface area contributed by atoms with E-state index in [2.05, 4.69) is 20.7 Å². The summed E-state index contributed by atoms with van der Waals surface area (Å²) in [6.45, 7) is 4.23. The summed E-state index contributed by atoms with van der Waals surface area (Å²) >= 11 is 0. The summed E-state index contributed by atoms with van der Waals surface area (Å²) in [6, 6.07) is 8.80. The Labute approximate surface area is 194 Å². The quantitative estimate of drug-likeness (QED) is 0.598. The molecule has 1 aliphatic rings. The SMILES string of the molecule is COCC1CN(Cc2ccc(F)cc2)Cc2ccnn2C1.O=C(O)C(F)(F)F.O=C(O)C(F)(F)F. The molecule has 0 saturated heterocycles. The zero-order chi connectivity index (χ0) is 26.8. The molecule has 2 N–H and O–H groups in total. The highest BCUT2D eigenvalue weighted by Gasteiger charge is 2.38. The Bertz CT molecular complexity index is 922. The predicted octanol–water partition coefficient (Wildman–Crippen LogP) is 3.57. The van der Waals surface area contributed by atoms with Crippen molar-refractivity contribution in [2.45, 2.75) is 32.0 Å². The molecule has 0 fully saturated rings. The van der Waals surface area contributed by atoms with Crippen LogP contribution in [0.2, 0.25) is 0 Å². The zero-order valence-corrected chi connectivity index (χ0v) is 18.2. The fraction of sp³-hybridized carbons (Fsp3) is 0.450. The smallest absolute Gasteiger partial charge is 0.475 e. The molecule has 2 aromatic rings. The average Bonchev–Trinajstić information content (AvgIpc) is 3.09. The minimum atomic E-state index is -5.08. The van der Waals surface area contributed by atoms with Crippen LogP contribution < -0.4 is 0 Å². The van der Waals surface area contributed by atoms with Gasteiger partial charge in [-0.3, -0.25) is 9.58 Å². The van der Waals surface area contributed by atoms with Gasteiger partial charge in [0.2, 0.25) is 0 Å². The van der Waals surface area contributed by atoms with Gasteiger partial charge >= 0.3 is 24.3 Å². The van der Waals surface area contributed by atoms with Crippen LogP contribution in [0.5, 0.6) is 0 Å². The van der Waals surface area contributed by atoms with Gasteiger partial charge in [-0.05, 0) is 23.8 Å². The predicted molar refractivity (Wildman–Crippen MR) is 105 cm³/mol. The van der Waals surface area contributed by atoms with Crippen LogP contribution in [0.15, 0.2) is 36.5 Å². The van der Waals surface area contributed by atoms with Crippen molar-refractivity contribution >= 4 is 11.9 Å². The molecule has 35 heavy (non-hydrogen) atoms. The van der Waals surface area contributed by atoms with E-state index in [1.165, 1.54) is 17.8 Å². The number of aliphatic carboxylic acids is 2. The Hall–Kier alpha value is -3.20. The number of carboxylic acids is 2. The van der Waals surface area contributed by atoms with E-state index in [0.717, 1.165) is 38.3 Å². The second kappa shape index (κ2) is 13.0. The van der Waals surface area contributed by atoms with Crippen molar-refractivity contribution in [3.05, 3.63) is 53.6 Å². The monoisotopic (exact) mass is 517 g/mol. The second-order valence-corrected chi connectivity index (χ2v) is 7.23. The molecule has 0 saturated carbocycles. The van der Waals surface area contributed by atoms with Crippen molar-refractivity contribution in [1.29, 1.82) is 0 Å². The highest BCUT2D eigenvalue weighted by atomic mass is 19.4. The molecule has 8 nitrogen and oxygen atoms in total. The third kappa shape index (κ3) is 11.2. The van der Waals surface area contributed by atoms with Gasteiger partial charge in [0.25, 0.3) is 0 Å². The average molecular weight is 517 g/mol. The van der Waals surface area contributed by atoms with E-state index in [1.54, 1.807) is 7.11 Å². The Morgan fingerprint density at radius 3 is 1.97 bits per heavy atom. The van der Waals surface area contributed by atoms with E-state index in [0.29, 0.717) is 5.92 Å². The van der Waals surface area contributed by atoms with Crippen molar-refractivity contribution in [3.8, 4) is 0 Å². The minimum absolute atomic E-state index is 0.190. The van der Waals surface area contributed by atoms with Crippen LogP contribution in [0, 0.1) is 11.7 Å². The van der Waals surface area contributed by atoms with Gasteiger partial charge in [-0.1, -0.05) is 12.1 Å². The first-order valence-electron chi connectivity index (χ1n) is 9.70. The number of ether oxygens (including phenoxy) is 1. The highest BCUT2D eigenvalue weighted by Crippen LogP contribution is 2.19. The molecule has 3 rings (SSSR count). The Morgan fingerprint density at radius 1 is 1.00 bits per heavy atom. The summed E-state index contributed by atoms with van der Waals surface area (Å²) in [6.07, 6.45) is -8.32. The molecule has 0 radical (unpaired) electrons. The van der Waals surface area contributed by atoms with Gasteiger partial charge in [-0.15, -0.1) is 0 Å². The van der Waals surface area contributed by atoms with Crippen molar-refractivity contribution in [3.63, 3.8) is 0 Å². The maximum absolute atomic E-state index is 13.0. The van der Waals surface area contributed by atoms with Crippen molar-refractivity contribution < 1.29 is 55.3 Å². The number of alkyl halides is 6. The fourth-order valence-electron chi connectivity index (χ4n) is 2.93. The topological polar surface area (TPSA) is 105 Å². The summed E-state index contributed by atoms with van der Waals surface area (Å²) < 4.78 is 83.9. The largest absolute Gasteiger partial charge is 0.490 e. The third-order valence-electron chi connectivity index (χ3n) is 4.34. The lowest BCUT2D eigenvalue weighted by molar-refractivity contribution is -0.193. The number of aromatic nitrogens is 2. The number of methoxy groups -OCH3 is 1. The van der Waals surface area contributed by atoms with Crippen molar-refractivity contribution in [1.82, 2.24) is 14.7 Å². The Kier molecular flexibility index (Phi) is 11.1. The van der Waals surface area contributed by atoms with Crippen LogP contribution in [-0.4, -0.2) is 69.4 Å². The van der Waals surface area contributed by atoms with Gasteiger partial charge in [-0.2, -0.15) is 31.4 Å². The molecule has 0 spiro atoms. The molecular formula is C20H22F7N3O5. The number of carbonyl (C=O) groups is 2.